The lowest BCUT2D eigenvalue weighted by Crippen LogP contribution is -2.37. The number of halogens is 3. The van der Waals surface area contributed by atoms with E-state index in [0.717, 1.165) is 30.2 Å². The number of carbonyl (C=O) groups excluding carboxylic acids is 1. The van der Waals surface area contributed by atoms with Crippen LogP contribution in [0.4, 0.5) is 24.5 Å². The molecule has 3 N–H and O–H groups in total. The van der Waals surface area contributed by atoms with E-state index in [2.05, 4.69) is 15.0 Å². The molecule has 0 aliphatic carbocycles. The Labute approximate surface area is 159 Å². The Balaban J connectivity index is 1.62. The van der Waals surface area contributed by atoms with E-state index in [4.69, 9.17) is 5.73 Å². The molecule has 0 radical (unpaired) electrons. The van der Waals surface area contributed by atoms with Gasteiger partial charge in [-0.2, -0.15) is 0 Å². The highest BCUT2D eigenvalue weighted by Gasteiger charge is 2.31. The molecule has 6 nitrogen and oxygen atoms in total. The Bertz CT molecular complexity index is 883. The van der Waals surface area contributed by atoms with E-state index in [1.807, 2.05) is 24.3 Å². The summed E-state index contributed by atoms with van der Waals surface area (Å²) in [6.07, 6.45) is -3.00. The number of amides is 1. The summed E-state index contributed by atoms with van der Waals surface area (Å²) in [6.45, 7) is 0.432. The molecule has 3 rings (SSSR count). The van der Waals surface area contributed by atoms with Gasteiger partial charge in [-0.05, 0) is 36.6 Å². The van der Waals surface area contributed by atoms with Gasteiger partial charge in [0.15, 0.2) is 5.96 Å². The fraction of sp³-hybridized carbons (Fsp3) is 0.263. The molecular formula is C19H19F3N4O2. The topological polar surface area (TPSA) is 80.0 Å². The van der Waals surface area contributed by atoms with Gasteiger partial charge in [0.05, 0.1) is 0 Å². The van der Waals surface area contributed by atoms with Crippen molar-refractivity contribution in [3.63, 3.8) is 0 Å². The third-order valence-electron chi connectivity index (χ3n) is 4.14. The van der Waals surface area contributed by atoms with Gasteiger partial charge in [-0.25, -0.2) is 4.99 Å². The Hall–Kier alpha value is -3.23. The van der Waals surface area contributed by atoms with Crippen LogP contribution in [0.15, 0.2) is 53.5 Å². The van der Waals surface area contributed by atoms with Gasteiger partial charge in [-0.15, -0.1) is 13.2 Å². The van der Waals surface area contributed by atoms with Gasteiger partial charge in [-0.1, -0.05) is 24.3 Å². The number of benzene rings is 2. The zero-order valence-electron chi connectivity index (χ0n) is 14.9. The van der Waals surface area contributed by atoms with E-state index < -0.39 is 6.36 Å². The summed E-state index contributed by atoms with van der Waals surface area (Å²) < 4.78 is 40.7. The average molecular weight is 392 g/mol. The monoisotopic (exact) mass is 392 g/mol. The van der Waals surface area contributed by atoms with Crippen molar-refractivity contribution in [3.8, 4) is 5.75 Å². The van der Waals surface area contributed by atoms with Crippen LogP contribution < -0.4 is 20.7 Å². The summed E-state index contributed by atoms with van der Waals surface area (Å²) in [5.74, 6) is -0.667. The molecule has 0 saturated heterocycles. The molecule has 2 aromatic carbocycles. The Morgan fingerprint density at radius 3 is 2.79 bits per heavy atom. The van der Waals surface area contributed by atoms with Crippen LogP contribution in [0.25, 0.3) is 0 Å². The van der Waals surface area contributed by atoms with Crippen LogP contribution in [0.3, 0.4) is 0 Å². The number of rotatable bonds is 4. The maximum absolute atomic E-state index is 12.5. The minimum absolute atomic E-state index is 0.0807. The third-order valence-corrected chi connectivity index (χ3v) is 4.14. The van der Waals surface area contributed by atoms with Crippen molar-refractivity contribution in [2.24, 2.45) is 10.7 Å². The number of anilines is 2. The third kappa shape index (κ3) is 5.15. The predicted octanol–water partition coefficient (Wildman–Crippen LogP) is 3.29. The molecule has 0 spiro atoms. The first-order chi connectivity index (χ1) is 13.3. The van der Waals surface area contributed by atoms with Crippen molar-refractivity contribution in [3.05, 3.63) is 54.1 Å². The number of hydrogen-bond acceptors (Lipinski definition) is 3. The molecule has 0 bridgehead atoms. The largest absolute Gasteiger partial charge is 0.573 e. The summed E-state index contributed by atoms with van der Waals surface area (Å²) in [4.78, 5) is 18.2. The lowest BCUT2D eigenvalue weighted by Gasteiger charge is -2.29. The average Bonchev–Trinajstić information content (AvgIpc) is 2.64. The number of nitrogens with two attached hydrogens (primary N) is 1. The molecule has 1 amide bonds. The van der Waals surface area contributed by atoms with E-state index in [1.165, 1.54) is 18.2 Å². The standard InChI is InChI=1S/C19H19F3N4O2/c20-19(21,22)28-15-8-3-7-14(11-15)25-18(23)24-12-17(27)26-10-4-6-13-5-1-2-9-16(13)26/h1-3,5,7-9,11H,4,6,10,12H2,(H3,23,24,25). The maximum atomic E-state index is 12.5. The number of para-hydroxylation sites is 1. The molecule has 0 unspecified atom stereocenters. The van der Waals surface area contributed by atoms with E-state index in [-0.39, 0.29) is 29.8 Å². The van der Waals surface area contributed by atoms with Gasteiger partial charge >= 0.3 is 6.36 Å². The fourth-order valence-electron chi connectivity index (χ4n) is 2.99. The molecule has 0 atom stereocenters. The lowest BCUT2D eigenvalue weighted by atomic mass is 10.0. The molecule has 0 fully saturated rings. The molecule has 9 heteroatoms. The van der Waals surface area contributed by atoms with Crippen molar-refractivity contribution in [1.82, 2.24) is 0 Å². The summed E-state index contributed by atoms with van der Waals surface area (Å²) in [5.41, 5.74) is 8.01. The SMILES string of the molecule is NC(=NCC(=O)N1CCCc2ccccc21)Nc1cccc(OC(F)(F)F)c1. The van der Waals surface area contributed by atoms with E-state index >= 15 is 0 Å². The molecular weight excluding hydrogens is 373 g/mol. The smallest absolute Gasteiger partial charge is 0.406 e. The number of fused-ring (bicyclic) bond motifs is 1. The van der Waals surface area contributed by atoms with Gasteiger partial charge in [-0.3, -0.25) is 4.79 Å². The van der Waals surface area contributed by atoms with Gasteiger partial charge in [0.1, 0.15) is 12.3 Å². The van der Waals surface area contributed by atoms with Crippen molar-refractivity contribution in [1.29, 1.82) is 0 Å². The van der Waals surface area contributed by atoms with Gasteiger partial charge in [0, 0.05) is 24.0 Å². The highest BCUT2D eigenvalue weighted by molar-refractivity contribution is 5.99. The summed E-state index contributed by atoms with van der Waals surface area (Å²) in [5, 5.41) is 2.66. The first-order valence-corrected chi connectivity index (χ1v) is 8.63. The van der Waals surface area contributed by atoms with Crippen LogP contribution in [0.1, 0.15) is 12.0 Å². The highest BCUT2D eigenvalue weighted by Crippen LogP contribution is 2.27. The Morgan fingerprint density at radius 2 is 2.00 bits per heavy atom. The number of aliphatic imine (C=N–C) groups is 1. The molecule has 28 heavy (non-hydrogen) atoms. The number of guanidine groups is 1. The van der Waals surface area contributed by atoms with Crippen molar-refractivity contribution in [2.45, 2.75) is 19.2 Å². The van der Waals surface area contributed by atoms with E-state index in [0.29, 0.717) is 6.54 Å². The normalized spacial score (nSPS) is 14.4. The second-order valence-corrected chi connectivity index (χ2v) is 6.18. The molecule has 0 saturated carbocycles. The minimum Gasteiger partial charge on any atom is -0.406 e. The van der Waals surface area contributed by atoms with Crippen molar-refractivity contribution < 1.29 is 22.7 Å². The second kappa shape index (κ2) is 8.20. The lowest BCUT2D eigenvalue weighted by molar-refractivity contribution is -0.274. The Kier molecular flexibility index (Phi) is 5.72. The molecule has 1 aliphatic heterocycles. The van der Waals surface area contributed by atoms with Crippen LogP contribution in [-0.2, 0) is 11.2 Å². The van der Waals surface area contributed by atoms with Gasteiger partial charge < -0.3 is 20.7 Å². The van der Waals surface area contributed by atoms with Crippen molar-refractivity contribution in [2.75, 3.05) is 23.3 Å². The number of nitrogens with zero attached hydrogens (tertiary/aromatic N) is 2. The van der Waals surface area contributed by atoms with Crippen LogP contribution in [0, 0.1) is 0 Å². The quantitative estimate of drug-likeness (QED) is 0.618. The summed E-state index contributed by atoms with van der Waals surface area (Å²) >= 11 is 0. The molecule has 2 aromatic rings. The van der Waals surface area contributed by atoms with Gasteiger partial charge in [0.2, 0.25) is 5.91 Å². The fourth-order valence-corrected chi connectivity index (χ4v) is 2.99. The van der Waals surface area contributed by atoms with Crippen molar-refractivity contribution >= 4 is 23.2 Å². The highest BCUT2D eigenvalue weighted by atomic mass is 19.4. The molecule has 1 aliphatic rings. The number of nitrogens with one attached hydrogen (secondary N) is 1. The first-order valence-electron chi connectivity index (χ1n) is 8.63. The van der Waals surface area contributed by atoms with Gasteiger partial charge in [0.25, 0.3) is 0 Å². The van der Waals surface area contributed by atoms with E-state index in [1.54, 1.807) is 4.90 Å². The number of alkyl halides is 3. The Morgan fingerprint density at radius 1 is 1.21 bits per heavy atom. The van der Waals surface area contributed by atoms with Crippen LogP contribution in [0.2, 0.25) is 0 Å². The second-order valence-electron chi connectivity index (χ2n) is 6.18. The minimum atomic E-state index is -4.78. The summed E-state index contributed by atoms with van der Waals surface area (Å²) in [6, 6.07) is 12.9. The zero-order chi connectivity index (χ0) is 20.1. The van der Waals surface area contributed by atoms with Crippen LogP contribution in [0.5, 0.6) is 5.75 Å². The molecule has 0 aromatic heterocycles. The summed E-state index contributed by atoms with van der Waals surface area (Å²) in [7, 11) is 0. The zero-order valence-corrected chi connectivity index (χ0v) is 14.9. The molecule has 148 valence electrons. The van der Waals surface area contributed by atoms with E-state index in [9.17, 15) is 18.0 Å². The van der Waals surface area contributed by atoms with Crippen LogP contribution in [-0.4, -0.2) is 31.3 Å². The maximum Gasteiger partial charge on any atom is 0.573 e. The predicted molar refractivity (Wildman–Crippen MR) is 100 cm³/mol. The number of hydrogen-bond donors (Lipinski definition) is 2. The van der Waals surface area contributed by atoms with Crippen LogP contribution >= 0.6 is 0 Å². The molecule has 1 heterocycles. The number of aryl methyl sites for hydroxylation is 1. The number of carbonyl (C=O) groups is 1. The number of ether oxygens (including phenoxy) is 1. The first kappa shape index (κ1) is 19.5.